The molecule has 2 amide bonds. The van der Waals surface area contributed by atoms with Gasteiger partial charge in [0.05, 0.1) is 6.10 Å². The minimum atomic E-state index is -0.415. The van der Waals surface area contributed by atoms with Gasteiger partial charge in [-0.05, 0) is 73.6 Å². The molecule has 0 aromatic heterocycles. The summed E-state index contributed by atoms with van der Waals surface area (Å²) in [5.41, 5.74) is 6.86. The van der Waals surface area contributed by atoms with Crippen LogP contribution >= 0.6 is 12.2 Å². The molecule has 0 fully saturated rings. The van der Waals surface area contributed by atoms with Gasteiger partial charge in [-0.1, -0.05) is 43.3 Å². The van der Waals surface area contributed by atoms with E-state index in [0.29, 0.717) is 29.2 Å². The summed E-state index contributed by atoms with van der Waals surface area (Å²) in [6.45, 7) is 4.42. The number of rotatable bonds is 8. The molecule has 0 aliphatic rings. The lowest BCUT2D eigenvalue weighted by molar-refractivity contribution is 0.0934. The van der Waals surface area contributed by atoms with Gasteiger partial charge >= 0.3 is 0 Å². The van der Waals surface area contributed by atoms with Crippen molar-refractivity contribution in [1.29, 1.82) is 0 Å². The highest BCUT2D eigenvalue weighted by Gasteiger charge is 2.11. The van der Waals surface area contributed by atoms with Crippen LogP contribution in [0.1, 0.15) is 46.5 Å². The molecule has 34 heavy (non-hydrogen) atoms. The summed E-state index contributed by atoms with van der Waals surface area (Å²) < 4.78 is 11.5. The molecule has 0 heterocycles. The maximum absolute atomic E-state index is 12.5. The van der Waals surface area contributed by atoms with Crippen LogP contribution in [-0.2, 0) is 6.61 Å². The molecule has 0 saturated carbocycles. The second-order valence-electron chi connectivity index (χ2n) is 7.53. The number of hydrogen-bond acceptors (Lipinski definition) is 5. The zero-order chi connectivity index (χ0) is 24.3. The number of carbonyl (C=O) groups is 2. The van der Waals surface area contributed by atoms with Crippen molar-refractivity contribution < 1.29 is 19.1 Å². The molecule has 3 aromatic rings. The first-order valence-electron chi connectivity index (χ1n) is 10.9. The Morgan fingerprint density at radius 1 is 0.853 bits per heavy atom. The number of carbonyl (C=O) groups excluding carboxylic acids is 2. The first kappa shape index (κ1) is 24.7. The summed E-state index contributed by atoms with van der Waals surface area (Å²) in [4.78, 5) is 24.8. The van der Waals surface area contributed by atoms with Crippen LogP contribution in [-0.4, -0.2) is 23.0 Å². The summed E-state index contributed by atoms with van der Waals surface area (Å²) in [7, 11) is 0. The predicted octanol–water partition coefficient (Wildman–Crippen LogP) is 4.39. The van der Waals surface area contributed by atoms with Crippen molar-refractivity contribution in [2.45, 2.75) is 33.0 Å². The third-order valence-electron chi connectivity index (χ3n) is 4.89. The minimum absolute atomic E-state index is 0.0330. The van der Waals surface area contributed by atoms with E-state index in [0.717, 1.165) is 12.0 Å². The van der Waals surface area contributed by atoms with E-state index in [2.05, 4.69) is 16.2 Å². The topological polar surface area (TPSA) is 88.7 Å². The Labute approximate surface area is 204 Å². The molecule has 176 valence electrons. The van der Waals surface area contributed by atoms with Crippen molar-refractivity contribution in [3.63, 3.8) is 0 Å². The zero-order valence-corrected chi connectivity index (χ0v) is 19.9. The van der Waals surface area contributed by atoms with Gasteiger partial charge in [0.2, 0.25) is 0 Å². The Morgan fingerprint density at radius 3 is 2.29 bits per heavy atom. The molecule has 0 bridgehead atoms. The number of nitrogens with one attached hydrogen (secondary N) is 3. The van der Waals surface area contributed by atoms with Crippen molar-refractivity contribution >= 4 is 29.1 Å². The van der Waals surface area contributed by atoms with Crippen LogP contribution < -0.4 is 25.6 Å². The Bertz CT molecular complexity index is 1120. The largest absolute Gasteiger partial charge is 0.491 e. The smallest absolute Gasteiger partial charge is 0.269 e. The number of amides is 2. The molecular formula is C26H27N3O4S. The molecule has 0 saturated heterocycles. The van der Waals surface area contributed by atoms with E-state index in [-0.39, 0.29) is 11.2 Å². The monoisotopic (exact) mass is 477 g/mol. The lowest BCUT2D eigenvalue weighted by Gasteiger charge is -2.14. The van der Waals surface area contributed by atoms with Crippen LogP contribution in [0.4, 0.5) is 0 Å². The molecule has 3 N–H and O–H groups in total. The summed E-state index contributed by atoms with van der Waals surface area (Å²) in [5, 5.41) is 2.50. The lowest BCUT2D eigenvalue weighted by Crippen LogP contribution is -2.48. The quantitative estimate of drug-likeness (QED) is 0.329. The Balaban J connectivity index is 1.45. The first-order valence-corrected chi connectivity index (χ1v) is 11.3. The van der Waals surface area contributed by atoms with Gasteiger partial charge in [-0.25, -0.2) is 0 Å². The molecule has 1 unspecified atom stereocenters. The molecule has 8 heteroatoms. The number of ether oxygens (including phenoxy) is 2. The Morgan fingerprint density at radius 2 is 1.59 bits per heavy atom. The highest BCUT2D eigenvalue weighted by Crippen LogP contribution is 2.16. The molecule has 1 atom stereocenters. The van der Waals surface area contributed by atoms with Crippen LogP contribution in [0.15, 0.2) is 78.9 Å². The van der Waals surface area contributed by atoms with Crippen LogP contribution in [0.2, 0.25) is 0 Å². The third-order valence-corrected chi connectivity index (χ3v) is 5.09. The molecule has 7 nitrogen and oxygen atoms in total. The Kier molecular flexibility index (Phi) is 8.99. The summed E-state index contributed by atoms with van der Waals surface area (Å²) in [5.74, 6) is 0.428. The van der Waals surface area contributed by atoms with E-state index in [1.165, 1.54) is 0 Å². The fraction of sp³-hybridized carbons (Fsp3) is 0.192. The van der Waals surface area contributed by atoms with Crippen molar-refractivity contribution in [3.8, 4) is 11.5 Å². The van der Waals surface area contributed by atoms with Gasteiger partial charge in [0, 0.05) is 11.1 Å². The maximum atomic E-state index is 12.5. The van der Waals surface area contributed by atoms with Gasteiger partial charge in [-0.3, -0.25) is 25.8 Å². The van der Waals surface area contributed by atoms with Gasteiger partial charge in [0.1, 0.15) is 18.1 Å². The van der Waals surface area contributed by atoms with E-state index in [1.807, 2.05) is 44.2 Å². The highest BCUT2D eigenvalue weighted by atomic mass is 32.1. The molecule has 3 aromatic carbocycles. The summed E-state index contributed by atoms with van der Waals surface area (Å²) >= 11 is 5.11. The van der Waals surface area contributed by atoms with E-state index >= 15 is 0 Å². The van der Waals surface area contributed by atoms with E-state index in [4.69, 9.17) is 21.7 Å². The molecule has 0 aliphatic carbocycles. The normalized spacial score (nSPS) is 11.1. The van der Waals surface area contributed by atoms with Gasteiger partial charge in [0.25, 0.3) is 11.8 Å². The average Bonchev–Trinajstić information content (AvgIpc) is 2.87. The Hall–Kier alpha value is -3.91. The lowest BCUT2D eigenvalue weighted by atomic mass is 10.2. The molecule has 0 spiro atoms. The number of benzene rings is 3. The van der Waals surface area contributed by atoms with Crippen LogP contribution in [0.25, 0.3) is 0 Å². The van der Waals surface area contributed by atoms with Crippen molar-refractivity contribution in [1.82, 2.24) is 16.2 Å². The van der Waals surface area contributed by atoms with Crippen molar-refractivity contribution in [2.75, 3.05) is 0 Å². The van der Waals surface area contributed by atoms with Gasteiger partial charge < -0.3 is 9.47 Å². The third kappa shape index (κ3) is 7.60. The standard InChI is InChI=1S/C26H27N3O4S/c1-3-18(2)33-23-11-7-10-21(16-23)24(30)27-26(34)29-28-25(31)20-12-14-22(15-13-20)32-17-19-8-5-4-6-9-19/h4-16,18H,3,17H2,1-2H3,(H,28,31)(H2,27,29,30,34). The fourth-order valence-corrected chi connectivity index (χ4v) is 3.01. The SMILES string of the molecule is CCC(C)Oc1cccc(C(=O)NC(=S)NNC(=O)c2ccc(OCc3ccccc3)cc2)c1. The van der Waals surface area contributed by atoms with E-state index in [9.17, 15) is 9.59 Å². The summed E-state index contributed by atoms with van der Waals surface area (Å²) in [6, 6.07) is 23.3. The van der Waals surface area contributed by atoms with Crippen molar-refractivity contribution in [3.05, 3.63) is 95.6 Å². The molecular weight excluding hydrogens is 450 g/mol. The number of thiocarbonyl (C=S) groups is 1. The van der Waals surface area contributed by atoms with E-state index in [1.54, 1.807) is 48.5 Å². The van der Waals surface area contributed by atoms with Crippen LogP contribution in [0.5, 0.6) is 11.5 Å². The molecule has 3 rings (SSSR count). The highest BCUT2D eigenvalue weighted by molar-refractivity contribution is 7.80. The van der Waals surface area contributed by atoms with Crippen LogP contribution in [0, 0.1) is 0 Å². The van der Waals surface area contributed by atoms with Gasteiger partial charge in [0.15, 0.2) is 5.11 Å². The number of hydrogen-bond donors (Lipinski definition) is 3. The summed E-state index contributed by atoms with van der Waals surface area (Å²) in [6.07, 6.45) is 0.897. The zero-order valence-electron chi connectivity index (χ0n) is 19.0. The van der Waals surface area contributed by atoms with Gasteiger partial charge in [-0.2, -0.15) is 0 Å². The second kappa shape index (κ2) is 12.4. The average molecular weight is 478 g/mol. The maximum Gasteiger partial charge on any atom is 0.269 e. The molecule has 0 radical (unpaired) electrons. The van der Waals surface area contributed by atoms with E-state index < -0.39 is 11.8 Å². The number of hydrazine groups is 1. The minimum Gasteiger partial charge on any atom is -0.491 e. The predicted molar refractivity (Wildman–Crippen MR) is 135 cm³/mol. The first-order chi connectivity index (χ1) is 16.4. The molecule has 0 aliphatic heterocycles. The van der Waals surface area contributed by atoms with Crippen LogP contribution in [0.3, 0.4) is 0 Å². The fourth-order valence-electron chi connectivity index (χ4n) is 2.86. The second-order valence-corrected chi connectivity index (χ2v) is 7.93. The van der Waals surface area contributed by atoms with Crippen molar-refractivity contribution in [2.24, 2.45) is 0 Å². The van der Waals surface area contributed by atoms with Gasteiger partial charge in [-0.15, -0.1) is 0 Å².